The fraction of sp³-hybridized carbons (Fsp3) is 0.167. The Morgan fingerprint density at radius 3 is 2.57 bits per heavy atom. The smallest absolute Gasteiger partial charge is 0.0402 e. The summed E-state index contributed by atoms with van der Waals surface area (Å²) < 4.78 is 0. The van der Waals surface area contributed by atoms with E-state index >= 15 is 0 Å². The number of hydrogen-bond donors (Lipinski definition) is 0. The second kappa shape index (κ2) is 3.58. The van der Waals surface area contributed by atoms with Crippen molar-refractivity contribution in [1.29, 1.82) is 0 Å². The Balaban J connectivity index is 2.48. The van der Waals surface area contributed by atoms with Gasteiger partial charge in [-0.05, 0) is 31.5 Å². The predicted octanol–water partition coefficient (Wildman–Crippen LogP) is 2.76. The van der Waals surface area contributed by atoms with Gasteiger partial charge in [0.15, 0.2) is 0 Å². The molecule has 14 heavy (non-hydrogen) atoms. The molecule has 0 saturated carbocycles. The molecule has 0 saturated heterocycles. The second-order valence-electron chi connectivity index (χ2n) is 3.37. The summed E-state index contributed by atoms with van der Waals surface area (Å²) in [6.07, 6.45) is 5.52. The third-order valence-corrected chi connectivity index (χ3v) is 2.33. The number of aromatic nitrogens is 2. The van der Waals surface area contributed by atoms with Crippen molar-refractivity contribution in [1.82, 2.24) is 9.97 Å². The first-order chi connectivity index (χ1) is 6.77. The van der Waals surface area contributed by atoms with Crippen molar-refractivity contribution in [3.05, 3.63) is 48.0 Å². The lowest BCUT2D eigenvalue weighted by molar-refractivity contribution is 1.15. The largest absolute Gasteiger partial charge is 0.264 e. The Morgan fingerprint density at radius 2 is 1.93 bits per heavy atom. The molecule has 0 aliphatic carbocycles. The van der Waals surface area contributed by atoms with Gasteiger partial charge in [0.25, 0.3) is 0 Å². The number of rotatable bonds is 1. The van der Waals surface area contributed by atoms with Crippen LogP contribution in [0.4, 0.5) is 0 Å². The van der Waals surface area contributed by atoms with Crippen LogP contribution in [0.25, 0.3) is 11.1 Å². The molecule has 0 aliphatic rings. The van der Waals surface area contributed by atoms with Crippen LogP contribution in [0.2, 0.25) is 0 Å². The molecule has 70 valence electrons. The quantitative estimate of drug-likeness (QED) is 0.681. The minimum Gasteiger partial charge on any atom is -0.264 e. The molecule has 2 heterocycles. The Kier molecular flexibility index (Phi) is 2.27. The molecule has 0 aromatic carbocycles. The molecule has 2 nitrogen and oxygen atoms in total. The summed E-state index contributed by atoms with van der Waals surface area (Å²) in [4.78, 5) is 8.41. The van der Waals surface area contributed by atoms with E-state index in [1.54, 1.807) is 6.20 Å². The van der Waals surface area contributed by atoms with Gasteiger partial charge in [0.05, 0.1) is 0 Å². The molecule has 2 heteroatoms. The third-order valence-electron chi connectivity index (χ3n) is 2.33. The average molecular weight is 184 g/mol. The lowest BCUT2D eigenvalue weighted by atomic mass is 10.1. The van der Waals surface area contributed by atoms with E-state index in [9.17, 15) is 0 Å². The zero-order valence-electron chi connectivity index (χ0n) is 8.36. The van der Waals surface area contributed by atoms with Gasteiger partial charge in [-0.2, -0.15) is 0 Å². The van der Waals surface area contributed by atoms with Crippen molar-refractivity contribution in [2.45, 2.75) is 13.8 Å². The highest BCUT2D eigenvalue weighted by molar-refractivity contribution is 5.62. The molecule has 2 aromatic rings. The van der Waals surface area contributed by atoms with Gasteiger partial charge in [-0.15, -0.1) is 0 Å². The Hall–Kier alpha value is -1.70. The summed E-state index contributed by atoms with van der Waals surface area (Å²) >= 11 is 0. The minimum absolute atomic E-state index is 1.08. The number of nitrogens with zero attached hydrogens (tertiary/aromatic N) is 2. The molecule has 0 unspecified atom stereocenters. The molecular weight excluding hydrogens is 172 g/mol. The van der Waals surface area contributed by atoms with E-state index < -0.39 is 0 Å². The number of hydrogen-bond acceptors (Lipinski definition) is 2. The molecule has 2 rings (SSSR count). The van der Waals surface area contributed by atoms with Crippen LogP contribution in [0, 0.1) is 13.8 Å². The van der Waals surface area contributed by atoms with Crippen LogP contribution in [0.1, 0.15) is 11.3 Å². The van der Waals surface area contributed by atoms with Crippen LogP contribution < -0.4 is 0 Å². The van der Waals surface area contributed by atoms with Gasteiger partial charge in [-0.25, -0.2) is 0 Å². The first kappa shape index (κ1) is 8.88. The molecule has 0 bridgehead atoms. The van der Waals surface area contributed by atoms with Gasteiger partial charge in [0.1, 0.15) is 0 Å². The van der Waals surface area contributed by atoms with E-state index in [1.807, 2.05) is 31.5 Å². The predicted molar refractivity (Wildman–Crippen MR) is 56.9 cm³/mol. The summed E-state index contributed by atoms with van der Waals surface area (Å²) in [6.45, 7) is 4.09. The summed E-state index contributed by atoms with van der Waals surface area (Å²) in [5.41, 5.74) is 4.54. The number of aryl methyl sites for hydroxylation is 2. The van der Waals surface area contributed by atoms with Gasteiger partial charge in [0.2, 0.25) is 0 Å². The molecule has 0 amide bonds. The number of pyridine rings is 2. The third kappa shape index (κ3) is 1.64. The summed E-state index contributed by atoms with van der Waals surface area (Å²) in [6, 6.07) is 6.11. The van der Waals surface area contributed by atoms with Gasteiger partial charge >= 0.3 is 0 Å². The summed E-state index contributed by atoms with van der Waals surface area (Å²) in [5.74, 6) is 0. The van der Waals surface area contributed by atoms with Gasteiger partial charge in [0, 0.05) is 35.4 Å². The first-order valence-corrected chi connectivity index (χ1v) is 4.61. The van der Waals surface area contributed by atoms with E-state index in [0.717, 1.165) is 16.8 Å². The van der Waals surface area contributed by atoms with Crippen molar-refractivity contribution in [3.8, 4) is 11.1 Å². The topological polar surface area (TPSA) is 25.8 Å². The Morgan fingerprint density at radius 1 is 1.07 bits per heavy atom. The van der Waals surface area contributed by atoms with Crippen LogP contribution in [0.3, 0.4) is 0 Å². The zero-order valence-corrected chi connectivity index (χ0v) is 8.36. The van der Waals surface area contributed by atoms with Gasteiger partial charge < -0.3 is 0 Å². The van der Waals surface area contributed by atoms with Crippen LogP contribution in [0.15, 0.2) is 36.8 Å². The van der Waals surface area contributed by atoms with Gasteiger partial charge in [-0.3, -0.25) is 9.97 Å². The molecular formula is C12H12N2. The van der Waals surface area contributed by atoms with Crippen molar-refractivity contribution in [3.63, 3.8) is 0 Å². The standard InChI is InChI=1S/C12H12N2/c1-9-6-12(8-14-10(9)2)11-4-3-5-13-7-11/h3-8H,1-2H3. The van der Waals surface area contributed by atoms with Gasteiger partial charge in [-0.1, -0.05) is 6.07 Å². The molecule has 0 fully saturated rings. The maximum absolute atomic E-state index is 4.33. The highest BCUT2D eigenvalue weighted by Crippen LogP contribution is 2.18. The van der Waals surface area contributed by atoms with E-state index in [0.29, 0.717) is 0 Å². The van der Waals surface area contributed by atoms with Crippen LogP contribution in [-0.2, 0) is 0 Å². The molecule has 0 N–H and O–H groups in total. The molecule has 0 radical (unpaired) electrons. The molecule has 0 aliphatic heterocycles. The van der Waals surface area contributed by atoms with E-state index in [-0.39, 0.29) is 0 Å². The van der Waals surface area contributed by atoms with E-state index in [1.165, 1.54) is 5.56 Å². The second-order valence-corrected chi connectivity index (χ2v) is 3.37. The van der Waals surface area contributed by atoms with Crippen molar-refractivity contribution >= 4 is 0 Å². The SMILES string of the molecule is Cc1cc(-c2cccnc2)cnc1C. The highest BCUT2D eigenvalue weighted by atomic mass is 14.7. The van der Waals surface area contributed by atoms with Crippen molar-refractivity contribution in [2.24, 2.45) is 0 Å². The molecule has 0 spiro atoms. The zero-order chi connectivity index (χ0) is 9.97. The Bertz CT molecular complexity index is 435. The average Bonchev–Trinajstić information content (AvgIpc) is 2.23. The monoisotopic (exact) mass is 184 g/mol. The van der Waals surface area contributed by atoms with Crippen molar-refractivity contribution in [2.75, 3.05) is 0 Å². The fourth-order valence-electron chi connectivity index (χ4n) is 1.33. The Labute approximate surface area is 83.7 Å². The summed E-state index contributed by atoms with van der Waals surface area (Å²) in [5, 5.41) is 0. The van der Waals surface area contributed by atoms with Crippen LogP contribution in [-0.4, -0.2) is 9.97 Å². The maximum Gasteiger partial charge on any atom is 0.0402 e. The van der Waals surface area contributed by atoms with E-state index in [4.69, 9.17) is 0 Å². The lowest BCUT2D eigenvalue weighted by Gasteiger charge is -2.03. The van der Waals surface area contributed by atoms with Crippen molar-refractivity contribution < 1.29 is 0 Å². The molecule has 0 atom stereocenters. The fourth-order valence-corrected chi connectivity index (χ4v) is 1.33. The van der Waals surface area contributed by atoms with Crippen LogP contribution >= 0.6 is 0 Å². The highest BCUT2D eigenvalue weighted by Gasteiger charge is 1.99. The van der Waals surface area contributed by atoms with Crippen LogP contribution in [0.5, 0.6) is 0 Å². The molecule has 2 aromatic heterocycles. The lowest BCUT2D eigenvalue weighted by Crippen LogP contribution is -1.88. The summed E-state index contributed by atoms with van der Waals surface area (Å²) in [7, 11) is 0. The maximum atomic E-state index is 4.33. The normalized spacial score (nSPS) is 10.1. The van der Waals surface area contributed by atoms with E-state index in [2.05, 4.69) is 23.0 Å². The first-order valence-electron chi connectivity index (χ1n) is 4.61. The minimum atomic E-state index is 1.08.